The number of hydrogen-bond donors (Lipinski definition) is 2. The fourth-order valence-corrected chi connectivity index (χ4v) is 2.78. The highest BCUT2D eigenvalue weighted by atomic mass is 16.4. The van der Waals surface area contributed by atoms with Gasteiger partial charge in [-0.3, -0.25) is 4.79 Å². The van der Waals surface area contributed by atoms with Gasteiger partial charge >= 0.3 is 13.0 Å². The van der Waals surface area contributed by atoms with Gasteiger partial charge in [-0.15, -0.1) is 0 Å². The molecule has 0 atom stereocenters. The molecule has 2 N–H and O–H groups in total. The lowest BCUT2D eigenvalue weighted by Crippen LogP contribution is -2.50. The molecule has 0 saturated carbocycles. The fourth-order valence-electron chi connectivity index (χ4n) is 2.78. The van der Waals surface area contributed by atoms with Crippen molar-refractivity contribution in [3.8, 4) is 0 Å². The van der Waals surface area contributed by atoms with Gasteiger partial charge < -0.3 is 14.9 Å². The van der Waals surface area contributed by atoms with Gasteiger partial charge in [0.15, 0.2) is 0 Å². The third-order valence-electron chi connectivity index (χ3n) is 4.12. The highest BCUT2D eigenvalue weighted by Crippen LogP contribution is 2.35. The molecule has 5 heteroatoms. The molecule has 1 heterocycles. The van der Waals surface area contributed by atoms with Crippen molar-refractivity contribution in [3.63, 3.8) is 0 Å². The highest BCUT2D eigenvalue weighted by molar-refractivity contribution is 6.45. The number of nitrogens with zero attached hydrogens (tertiary/aromatic N) is 1. The Kier molecular flexibility index (Phi) is 4.27. The lowest BCUT2D eigenvalue weighted by molar-refractivity contribution is -0.151. The SMILES string of the molecule is CB(O)N1CCC(Cc2ccccc2)(C(=O)O)CC1. The molecule has 1 saturated heterocycles. The van der Waals surface area contributed by atoms with Crippen molar-refractivity contribution < 1.29 is 14.9 Å². The minimum absolute atomic E-state index is 0.497. The molecule has 19 heavy (non-hydrogen) atoms. The monoisotopic (exact) mass is 261 g/mol. The fraction of sp³-hybridized carbons (Fsp3) is 0.500. The number of benzene rings is 1. The summed E-state index contributed by atoms with van der Waals surface area (Å²) in [5, 5.41) is 19.1. The van der Waals surface area contributed by atoms with Crippen molar-refractivity contribution in [2.45, 2.75) is 26.1 Å². The lowest BCUT2D eigenvalue weighted by atomic mass is 9.70. The molecule has 102 valence electrons. The normalized spacial score (nSPS) is 19.1. The first-order valence-corrected chi connectivity index (χ1v) is 6.73. The summed E-state index contributed by atoms with van der Waals surface area (Å²) in [5.74, 6) is -0.721. The van der Waals surface area contributed by atoms with Crippen LogP contribution in [0.1, 0.15) is 18.4 Å². The van der Waals surface area contributed by atoms with Crippen molar-refractivity contribution in [1.82, 2.24) is 4.81 Å². The number of carboxylic acid groups (broad SMARTS) is 1. The average molecular weight is 261 g/mol. The summed E-state index contributed by atoms with van der Waals surface area (Å²) in [4.78, 5) is 13.6. The van der Waals surface area contributed by atoms with Crippen LogP contribution >= 0.6 is 0 Å². The predicted molar refractivity (Wildman–Crippen MR) is 74.9 cm³/mol. The molecule has 0 bridgehead atoms. The highest BCUT2D eigenvalue weighted by Gasteiger charge is 2.42. The number of piperidine rings is 1. The quantitative estimate of drug-likeness (QED) is 0.806. The van der Waals surface area contributed by atoms with Crippen LogP contribution in [0.4, 0.5) is 0 Å². The smallest absolute Gasteiger partial charge is 0.376 e. The van der Waals surface area contributed by atoms with Gasteiger partial charge in [0.25, 0.3) is 0 Å². The lowest BCUT2D eigenvalue weighted by Gasteiger charge is -2.39. The van der Waals surface area contributed by atoms with Crippen molar-refractivity contribution in [3.05, 3.63) is 35.9 Å². The maximum absolute atomic E-state index is 11.7. The van der Waals surface area contributed by atoms with Crippen LogP contribution in [0.3, 0.4) is 0 Å². The van der Waals surface area contributed by atoms with Gasteiger partial charge in [0, 0.05) is 0 Å². The minimum Gasteiger partial charge on any atom is -0.481 e. The molecule has 0 unspecified atom stereocenters. The first-order valence-electron chi connectivity index (χ1n) is 6.73. The molecule has 0 amide bonds. The Morgan fingerprint density at radius 1 is 1.32 bits per heavy atom. The molecule has 1 aliphatic rings. The Labute approximate surface area is 114 Å². The first-order chi connectivity index (χ1) is 9.03. The molecule has 1 aromatic rings. The standard InChI is InChI=1S/C14H20BNO3/c1-15(19)16-9-7-14(8-10-16,13(17)18)11-12-5-3-2-4-6-12/h2-6,19H,7-11H2,1H3,(H,17,18). The Morgan fingerprint density at radius 3 is 2.37 bits per heavy atom. The maximum atomic E-state index is 11.7. The second-order valence-corrected chi connectivity index (χ2v) is 5.42. The molecule has 0 aliphatic carbocycles. The molecule has 1 aromatic carbocycles. The third kappa shape index (κ3) is 3.17. The number of hydrogen-bond acceptors (Lipinski definition) is 3. The topological polar surface area (TPSA) is 60.8 Å². The first kappa shape index (κ1) is 14.1. The van der Waals surface area contributed by atoms with E-state index in [0.717, 1.165) is 5.56 Å². The van der Waals surface area contributed by atoms with Gasteiger partial charge in [-0.1, -0.05) is 30.3 Å². The van der Waals surface area contributed by atoms with Crippen molar-refractivity contribution >= 4 is 13.0 Å². The van der Waals surface area contributed by atoms with E-state index >= 15 is 0 Å². The predicted octanol–water partition coefficient (Wildman–Crippen LogP) is 1.51. The van der Waals surface area contributed by atoms with Gasteiger partial charge in [0.05, 0.1) is 5.41 Å². The number of carboxylic acids is 1. The summed E-state index contributed by atoms with van der Waals surface area (Å²) in [6.07, 6.45) is 1.74. The van der Waals surface area contributed by atoms with E-state index in [1.807, 2.05) is 35.1 Å². The third-order valence-corrected chi connectivity index (χ3v) is 4.12. The zero-order valence-electron chi connectivity index (χ0n) is 11.2. The maximum Gasteiger partial charge on any atom is 0.376 e. The van der Waals surface area contributed by atoms with E-state index < -0.39 is 18.4 Å². The summed E-state index contributed by atoms with van der Waals surface area (Å²) in [6.45, 7) is 3.00. The Bertz CT molecular complexity index is 428. The zero-order valence-corrected chi connectivity index (χ0v) is 11.2. The van der Waals surface area contributed by atoms with Gasteiger partial charge in [0.1, 0.15) is 0 Å². The van der Waals surface area contributed by atoms with Gasteiger partial charge in [-0.25, -0.2) is 0 Å². The van der Waals surface area contributed by atoms with E-state index in [9.17, 15) is 14.9 Å². The van der Waals surface area contributed by atoms with Gasteiger partial charge in [-0.05, 0) is 44.7 Å². The molecule has 0 spiro atoms. The minimum atomic E-state index is -0.721. The van der Waals surface area contributed by atoms with Crippen LogP contribution < -0.4 is 0 Å². The summed E-state index contributed by atoms with van der Waals surface area (Å²) in [7, 11) is -0.497. The second kappa shape index (κ2) is 5.76. The molecule has 0 radical (unpaired) electrons. The van der Waals surface area contributed by atoms with Crippen LogP contribution in [0.25, 0.3) is 0 Å². The molecular formula is C14H20BNO3. The number of aliphatic carboxylic acids is 1. The van der Waals surface area contributed by atoms with E-state index in [2.05, 4.69) is 0 Å². The Hall–Kier alpha value is -1.33. The van der Waals surface area contributed by atoms with Crippen LogP contribution in [-0.2, 0) is 11.2 Å². The largest absolute Gasteiger partial charge is 0.481 e. The van der Waals surface area contributed by atoms with Crippen LogP contribution in [0.15, 0.2) is 30.3 Å². The van der Waals surface area contributed by atoms with E-state index in [0.29, 0.717) is 32.4 Å². The molecule has 4 nitrogen and oxygen atoms in total. The Balaban J connectivity index is 2.11. The Morgan fingerprint density at radius 2 is 1.89 bits per heavy atom. The molecule has 0 aromatic heterocycles. The molecule has 1 fully saturated rings. The van der Waals surface area contributed by atoms with Crippen LogP contribution in [0.5, 0.6) is 0 Å². The zero-order chi connectivity index (χ0) is 13.9. The van der Waals surface area contributed by atoms with E-state index in [4.69, 9.17) is 0 Å². The van der Waals surface area contributed by atoms with E-state index in [1.54, 1.807) is 6.82 Å². The summed E-state index contributed by atoms with van der Waals surface area (Å²) in [5.41, 5.74) is 0.377. The number of rotatable bonds is 4. The van der Waals surface area contributed by atoms with Crippen LogP contribution in [0.2, 0.25) is 6.82 Å². The van der Waals surface area contributed by atoms with Crippen molar-refractivity contribution in [1.29, 1.82) is 0 Å². The van der Waals surface area contributed by atoms with E-state index in [1.165, 1.54) is 0 Å². The number of carbonyl (C=O) groups is 1. The summed E-state index contributed by atoms with van der Waals surface area (Å²) >= 11 is 0. The van der Waals surface area contributed by atoms with Gasteiger partial charge in [-0.2, -0.15) is 0 Å². The second-order valence-electron chi connectivity index (χ2n) is 5.42. The summed E-state index contributed by atoms with van der Waals surface area (Å²) < 4.78 is 0. The van der Waals surface area contributed by atoms with Gasteiger partial charge in [0.2, 0.25) is 0 Å². The van der Waals surface area contributed by atoms with Crippen molar-refractivity contribution in [2.75, 3.05) is 13.1 Å². The van der Waals surface area contributed by atoms with Crippen LogP contribution in [0, 0.1) is 5.41 Å². The molecular weight excluding hydrogens is 241 g/mol. The van der Waals surface area contributed by atoms with Crippen LogP contribution in [-0.4, -0.2) is 41.1 Å². The summed E-state index contributed by atoms with van der Waals surface area (Å²) in [6, 6.07) is 9.77. The molecule has 1 aliphatic heterocycles. The average Bonchev–Trinajstić information content (AvgIpc) is 2.40. The van der Waals surface area contributed by atoms with E-state index in [-0.39, 0.29) is 0 Å². The molecule has 2 rings (SSSR count). The van der Waals surface area contributed by atoms with Crippen molar-refractivity contribution in [2.24, 2.45) is 5.41 Å².